The van der Waals surface area contributed by atoms with Crippen LogP contribution in [0, 0.1) is 5.92 Å². The molecule has 140 valence electrons. The number of imidazole rings is 1. The number of anilines is 1. The molecule has 1 aliphatic heterocycles. The standard InChI is InChI=1S/C19H22N6OS/c26-19(22-18-10-21-23-27-18)17-5-3-15(4-6-17)11-24-8-1-2-16(12-24)13-25-9-7-20-14-25/h3-7,9-10,14,16H,1-2,8,11-13H2,(H,22,26)/t16-/m0/s1. The number of likely N-dealkylation sites (tertiary alicyclic amines) is 1. The first kappa shape index (κ1) is 17.8. The molecule has 1 aromatic carbocycles. The van der Waals surface area contributed by atoms with Crippen LogP contribution in [0.4, 0.5) is 5.00 Å². The zero-order valence-electron chi connectivity index (χ0n) is 15.0. The number of hydrogen-bond acceptors (Lipinski definition) is 6. The van der Waals surface area contributed by atoms with Crippen molar-refractivity contribution in [1.29, 1.82) is 0 Å². The molecule has 1 atom stereocenters. The topological polar surface area (TPSA) is 75.9 Å². The summed E-state index contributed by atoms with van der Waals surface area (Å²) in [5.41, 5.74) is 1.87. The summed E-state index contributed by atoms with van der Waals surface area (Å²) < 4.78 is 5.91. The van der Waals surface area contributed by atoms with Gasteiger partial charge in [-0.3, -0.25) is 9.69 Å². The summed E-state index contributed by atoms with van der Waals surface area (Å²) in [6.07, 6.45) is 9.80. The second-order valence-electron chi connectivity index (χ2n) is 6.94. The first-order valence-electron chi connectivity index (χ1n) is 9.12. The van der Waals surface area contributed by atoms with Crippen molar-refractivity contribution >= 4 is 22.4 Å². The van der Waals surface area contributed by atoms with Crippen LogP contribution in [0.1, 0.15) is 28.8 Å². The SMILES string of the molecule is O=C(Nc1cnns1)c1ccc(CN2CCC[C@H](Cn3ccnc3)C2)cc1. The number of carbonyl (C=O) groups excluding carboxylic acids is 1. The number of carbonyl (C=O) groups is 1. The summed E-state index contributed by atoms with van der Waals surface area (Å²) in [6.45, 7) is 4.17. The number of piperidine rings is 1. The van der Waals surface area contributed by atoms with E-state index in [9.17, 15) is 4.79 Å². The van der Waals surface area contributed by atoms with E-state index in [0.717, 1.165) is 26.2 Å². The van der Waals surface area contributed by atoms with Crippen molar-refractivity contribution in [2.24, 2.45) is 5.92 Å². The summed E-state index contributed by atoms with van der Waals surface area (Å²) >= 11 is 1.17. The van der Waals surface area contributed by atoms with Gasteiger partial charge in [-0.15, -0.1) is 5.10 Å². The Morgan fingerprint density at radius 2 is 2.19 bits per heavy atom. The third kappa shape index (κ3) is 4.78. The van der Waals surface area contributed by atoms with E-state index in [1.165, 1.54) is 29.9 Å². The van der Waals surface area contributed by atoms with Gasteiger partial charge in [-0.1, -0.05) is 16.6 Å². The van der Waals surface area contributed by atoms with Crippen molar-refractivity contribution in [3.63, 3.8) is 0 Å². The highest BCUT2D eigenvalue weighted by Crippen LogP contribution is 2.20. The number of benzene rings is 1. The molecule has 0 spiro atoms. The molecule has 0 bridgehead atoms. The van der Waals surface area contributed by atoms with E-state index in [1.54, 1.807) is 6.20 Å². The van der Waals surface area contributed by atoms with Crippen LogP contribution in [0.3, 0.4) is 0 Å². The van der Waals surface area contributed by atoms with Crippen molar-refractivity contribution in [3.05, 3.63) is 60.3 Å². The van der Waals surface area contributed by atoms with Gasteiger partial charge in [-0.05, 0) is 43.0 Å². The van der Waals surface area contributed by atoms with E-state index in [1.807, 2.05) is 43.0 Å². The van der Waals surface area contributed by atoms with Crippen LogP contribution in [-0.2, 0) is 13.1 Å². The van der Waals surface area contributed by atoms with Gasteiger partial charge in [0.05, 0.1) is 12.5 Å². The van der Waals surface area contributed by atoms with Gasteiger partial charge in [0.2, 0.25) is 0 Å². The van der Waals surface area contributed by atoms with Gasteiger partial charge in [-0.2, -0.15) is 0 Å². The van der Waals surface area contributed by atoms with Crippen molar-refractivity contribution in [2.45, 2.75) is 25.9 Å². The Hall–Kier alpha value is -2.58. The van der Waals surface area contributed by atoms with Gasteiger partial charge >= 0.3 is 0 Å². The Labute approximate surface area is 162 Å². The van der Waals surface area contributed by atoms with Gasteiger partial charge in [0.15, 0.2) is 0 Å². The highest BCUT2D eigenvalue weighted by atomic mass is 32.1. The monoisotopic (exact) mass is 382 g/mol. The predicted octanol–water partition coefficient (Wildman–Crippen LogP) is 2.90. The first-order chi connectivity index (χ1) is 13.3. The minimum absolute atomic E-state index is 0.133. The van der Waals surface area contributed by atoms with Crippen LogP contribution in [0.5, 0.6) is 0 Å². The van der Waals surface area contributed by atoms with Gasteiger partial charge in [0.25, 0.3) is 5.91 Å². The molecule has 8 heteroatoms. The Balaban J connectivity index is 1.31. The molecule has 0 unspecified atom stereocenters. The van der Waals surface area contributed by atoms with E-state index < -0.39 is 0 Å². The van der Waals surface area contributed by atoms with Crippen LogP contribution in [0.15, 0.2) is 49.2 Å². The van der Waals surface area contributed by atoms with Crippen molar-refractivity contribution < 1.29 is 4.79 Å². The molecule has 1 N–H and O–H groups in total. The van der Waals surface area contributed by atoms with Crippen LogP contribution < -0.4 is 5.32 Å². The summed E-state index contributed by atoms with van der Waals surface area (Å²) in [5, 5.41) is 7.18. The number of amides is 1. The number of nitrogens with one attached hydrogen (secondary N) is 1. The van der Waals surface area contributed by atoms with Crippen LogP contribution in [-0.4, -0.2) is 43.0 Å². The number of aromatic nitrogens is 4. The fourth-order valence-electron chi connectivity index (χ4n) is 3.56. The summed E-state index contributed by atoms with van der Waals surface area (Å²) in [5.74, 6) is 0.525. The number of hydrogen-bond donors (Lipinski definition) is 1. The molecular formula is C19H22N6OS. The largest absolute Gasteiger partial charge is 0.337 e. The summed E-state index contributed by atoms with van der Waals surface area (Å²) in [6, 6.07) is 7.84. The minimum atomic E-state index is -0.133. The lowest BCUT2D eigenvalue weighted by atomic mass is 9.97. The molecule has 2 aromatic heterocycles. The third-order valence-corrected chi connectivity index (χ3v) is 5.43. The molecule has 3 aromatic rings. The second-order valence-corrected chi connectivity index (χ2v) is 7.72. The van der Waals surface area contributed by atoms with Gasteiger partial charge in [-0.25, -0.2) is 4.98 Å². The lowest BCUT2D eigenvalue weighted by Gasteiger charge is -2.33. The van der Waals surface area contributed by atoms with Gasteiger partial charge in [0.1, 0.15) is 5.00 Å². The molecule has 1 amide bonds. The Morgan fingerprint density at radius 3 is 2.93 bits per heavy atom. The molecule has 0 saturated carbocycles. The molecule has 4 rings (SSSR count). The second kappa shape index (κ2) is 8.41. The maximum absolute atomic E-state index is 12.2. The zero-order chi connectivity index (χ0) is 18.5. The van der Waals surface area contributed by atoms with Crippen LogP contribution in [0.2, 0.25) is 0 Å². The van der Waals surface area contributed by atoms with E-state index in [-0.39, 0.29) is 5.91 Å². The zero-order valence-corrected chi connectivity index (χ0v) is 15.8. The van der Waals surface area contributed by atoms with Crippen molar-refractivity contribution in [1.82, 2.24) is 24.0 Å². The highest BCUT2D eigenvalue weighted by Gasteiger charge is 2.20. The van der Waals surface area contributed by atoms with Gasteiger partial charge < -0.3 is 9.88 Å². The number of rotatable bonds is 6. The van der Waals surface area contributed by atoms with E-state index in [0.29, 0.717) is 16.5 Å². The molecule has 3 heterocycles. The van der Waals surface area contributed by atoms with Crippen molar-refractivity contribution in [3.8, 4) is 0 Å². The molecule has 0 aliphatic carbocycles. The normalized spacial score (nSPS) is 17.7. The Bertz CT molecular complexity index is 847. The fraction of sp³-hybridized carbons (Fsp3) is 0.368. The lowest BCUT2D eigenvalue weighted by Crippen LogP contribution is -2.36. The maximum Gasteiger partial charge on any atom is 0.256 e. The van der Waals surface area contributed by atoms with E-state index >= 15 is 0 Å². The van der Waals surface area contributed by atoms with Gasteiger partial charge in [0, 0.05) is 49.1 Å². The molecule has 0 radical (unpaired) electrons. The average Bonchev–Trinajstić information content (AvgIpc) is 3.37. The quantitative estimate of drug-likeness (QED) is 0.709. The van der Waals surface area contributed by atoms with Crippen LogP contribution in [0.25, 0.3) is 0 Å². The van der Waals surface area contributed by atoms with E-state index in [4.69, 9.17) is 0 Å². The smallest absolute Gasteiger partial charge is 0.256 e. The molecule has 27 heavy (non-hydrogen) atoms. The molecule has 1 saturated heterocycles. The minimum Gasteiger partial charge on any atom is -0.337 e. The van der Waals surface area contributed by atoms with Crippen LogP contribution >= 0.6 is 11.5 Å². The summed E-state index contributed by atoms with van der Waals surface area (Å²) in [7, 11) is 0. The Morgan fingerprint density at radius 1 is 1.30 bits per heavy atom. The average molecular weight is 382 g/mol. The third-order valence-electron chi connectivity index (χ3n) is 4.85. The summed E-state index contributed by atoms with van der Waals surface area (Å²) in [4.78, 5) is 18.9. The number of nitrogens with zero attached hydrogens (tertiary/aromatic N) is 5. The van der Waals surface area contributed by atoms with E-state index in [2.05, 4.69) is 29.4 Å². The Kier molecular flexibility index (Phi) is 5.55. The predicted molar refractivity (Wildman–Crippen MR) is 105 cm³/mol. The maximum atomic E-state index is 12.2. The molecular weight excluding hydrogens is 360 g/mol. The lowest BCUT2D eigenvalue weighted by molar-refractivity contribution is 0.102. The van der Waals surface area contributed by atoms with Crippen molar-refractivity contribution in [2.75, 3.05) is 18.4 Å². The molecule has 1 aliphatic rings. The first-order valence-corrected chi connectivity index (χ1v) is 9.89. The molecule has 1 fully saturated rings. The fourth-order valence-corrected chi connectivity index (χ4v) is 3.98. The highest BCUT2D eigenvalue weighted by molar-refractivity contribution is 7.10. The molecule has 7 nitrogen and oxygen atoms in total.